The SMILES string of the molecule is Cc1ccc2cc3oc4c(-c5nc6ccccc6n5-c5c(C(C)C)cc(-c6ccccc6)cc5C(C)C)[c-]c(Oc5[c-]c(-c6nc7ccccc7n6-c6c(C(C)C)cc(-c7ccccc7)cc6C(C)C)ccc5)cc4c3nc2n1.[Pt+2]. The summed E-state index contributed by atoms with van der Waals surface area (Å²) in [6.45, 7) is 20.2. The third kappa shape index (κ3) is 9.19. The van der Waals surface area contributed by atoms with E-state index in [1.54, 1.807) is 0 Å². The Hall–Kier alpha value is -8.45. The zero-order valence-electron chi connectivity index (χ0n) is 46.4. The molecule has 0 amide bonds. The molecule has 0 saturated carbocycles. The molecule has 13 aromatic rings. The molecule has 9 heteroatoms. The van der Waals surface area contributed by atoms with Gasteiger partial charge in [-0.05, 0) is 147 Å². The van der Waals surface area contributed by atoms with Crippen molar-refractivity contribution < 1.29 is 30.2 Å². The van der Waals surface area contributed by atoms with Gasteiger partial charge in [0.25, 0.3) is 0 Å². The Morgan fingerprint density at radius 2 is 0.975 bits per heavy atom. The summed E-state index contributed by atoms with van der Waals surface area (Å²) in [5.41, 5.74) is 20.5. The predicted molar refractivity (Wildman–Crippen MR) is 323 cm³/mol. The number of rotatable bonds is 12. The summed E-state index contributed by atoms with van der Waals surface area (Å²) in [5.74, 6) is 3.17. The van der Waals surface area contributed by atoms with Crippen molar-refractivity contribution in [2.24, 2.45) is 0 Å². The van der Waals surface area contributed by atoms with Gasteiger partial charge >= 0.3 is 21.1 Å². The molecular weight excluding hydrogens is 1160 g/mol. The van der Waals surface area contributed by atoms with Crippen molar-refractivity contribution in [2.45, 2.75) is 86.0 Å². The van der Waals surface area contributed by atoms with E-state index in [1.165, 1.54) is 44.5 Å². The second-order valence-corrected chi connectivity index (χ2v) is 22.1. The van der Waals surface area contributed by atoms with E-state index in [-0.39, 0.29) is 44.7 Å². The molecule has 0 unspecified atom stereocenters. The Labute approximate surface area is 481 Å². The molecule has 8 aromatic carbocycles. The van der Waals surface area contributed by atoms with Gasteiger partial charge in [0.2, 0.25) is 0 Å². The minimum Gasteiger partial charge on any atom is -0.499 e. The summed E-state index contributed by atoms with van der Waals surface area (Å²) in [4.78, 5) is 21.0. The van der Waals surface area contributed by atoms with E-state index in [1.807, 2.05) is 49.4 Å². The van der Waals surface area contributed by atoms with Crippen molar-refractivity contribution in [3.05, 3.63) is 216 Å². The Kier molecular flexibility index (Phi) is 13.7. The van der Waals surface area contributed by atoms with Crippen LogP contribution in [0.4, 0.5) is 0 Å². The number of aromatic nitrogens is 6. The van der Waals surface area contributed by atoms with Gasteiger partial charge in [0, 0.05) is 34.0 Å². The van der Waals surface area contributed by atoms with Gasteiger partial charge in [0.15, 0.2) is 5.65 Å². The average Bonchev–Trinajstić information content (AvgIpc) is 3.80. The van der Waals surface area contributed by atoms with Crippen molar-refractivity contribution in [3.63, 3.8) is 0 Å². The number of furan rings is 1. The van der Waals surface area contributed by atoms with E-state index in [4.69, 9.17) is 29.1 Å². The number of pyridine rings is 2. The van der Waals surface area contributed by atoms with E-state index in [9.17, 15) is 0 Å². The minimum absolute atomic E-state index is 0. The fourth-order valence-corrected chi connectivity index (χ4v) is 11.4. The van der Waals surface area contributed by atoms with Gasteiger partial charge in [-0.1, -0.05) is 164 Å². The largest absolute Gasteiger partial charge is 2.00 e. The molecule has 0 spiro atoms. The first kappa shape index (κ1) is 52.3. The molecule has 396 valence electrons. The molecule has 0 atom stereocenters. The van der Waals surface area contributed by atoms with Gasteiger partial charge in [-0.25, -0.2) is 9.97 Å². The van der Waals surface area contributed by atoms with Crippen LogP contribution >= 0.6 is 0 Å². The summed E-state index contributed by atoms with van der Waals surface area (Å²) in [6, 6.07) is 69.1. The molecule has 0 aliphatic rings. The molecule has 13 rings (SSSR count). The summed E-state index contributed by atoms with van der Waals surface area (Å²) in [6.07, 6.45) is 0. The van der Waals surface area contributed by atoms with Gasteiger partial charge in [-0.3, -0.25) is 9.97 Å². The van der Waals surface area contributed by atoms with Crippen LogP contribution in [0, 0.1) is 19.1 Å². The van der Waals surface area contributed by atoms with E-state index in [0.717, 1.165) is 61.3 Å². The maximum absolute atomic E-state index is 7.08. The Balaban J connectivity index is 0.00000637. The van der Waals surface area contributed by atoms with Gasteiger partial charge in [0.1, 0.15) is 5.58 Å². The first-order valence-electron chi connectivity index (χ1n) is 27.6. The normalized spacial score (nSPS) is 11.9. The number of nitrogens with zero attached hydrogens (tertiary/aromatic N) is 6. The second kappa shape index (κ2) is 21.0. The van der Waals surface area contributed by atoms with Crippen molar-refractivity contribution in [2.75, 3.05) is 0 Å². The van der Waals surface area contributed by atoms with Gasteiger partial charge in [-0.15, -0.1) is 23.8 Å². The topological polar surface area (TPSA) is 83.8 Å². The number of aryl methyl sites for hydroxylation is 1. The number of hydrogen-bond acceptors (Lipinski definition) is 6. The smallest absolute Gasteiger partial charge is 0.499 e. The number of para-hydroxylation sites is 4. The van der Waals surface area contributed by atoms with Gasteiger partial charge < -0.3 is 18.3 Å². The second-order valence-electron chi connectivity index (χ2n) is 22.1. The molecule has 0 fully saturated rings. The average molecular weight is 1220 g/mol. The minimum atomic E-state index is 0. The van der Waals surface area contributed by atoms with E-state index in [0.29, 0.717) is 45.2 Å². The molecule has 0 aliphatic heterocycles. The maximum Gasteiger partial charge on any atom is 2.00 e. The first-order chi connectivity index (χ1) is 38.4. The standard InChI is InChI=1S/C71H60N6O2.Pt/c1-41(2)54-34-50(46-21-12-10-13-22-46)35-55(42(3)4)66(54)76-62-29-18-16-27-60(62)73-70(76)49-25-20-26-52(33-49)78-53-39-58-65-64(38-48-32-31-45(9)72-69(48)75-65)79-68(58)59(40-53)71-74-61-28-17-19-30-63(61)77(71)67-56(43(5)6)36-51(37-57(67)44(7)8)47-23-14-11-15-24-47;/h10-32,34-39,41-44H,1-9H3;/q-2;+2. The zero-order valence-corrected chi connectivity index (χ0v) is 48.6. The number of benzene rings is 8. The van der Waals surface area contributed by atoms with Crippen LogP contribution in [0.3, 0.4) is 0 Å². The predicted octanol–water partition coefficient (Wildman–Crippen LogP) is 19.1. The van der Waals surface area contributed by atoms with Crippen LogP contribution in [0.5, 0.6) is 11.5 Å². The molecule has 0 saturated heterocycles. The quantitative estimate of drug-likeness (QED) is 0.113. The molecular formula is C71H60N6O2Pt. The Bertz CT molecular complexity index is 4430. The van der Waals surface area contributed by atoms with Gasteiger partial charge in [0.05, 0.1) is 44.8 Å². The summed E-state index contributed by atoms with van der Waals surface area (Å²) in [5, 5.41) is 1.65. The first-order valence-corrected chi connectivity index (χ1v) is 27.6. The molecule has 0 aliphatic carbocycles. The number of hydrogen-bond donors (Lipinski definition) is 0. The van der Waals surface area contributed by atoms with Crippen LogP contribution in [0.1, 0.15) is 107 Å². The fourth-order valence-electron chi connectivity index (χ4n) is 11.4. The van der Waals surface area contributed by atoms with Crippen LogP contribution in [-0.4, -0.2) is 29.1 Å². The molecule has 80 heavy (non-hydrogen) atoms. The zero-order chi connectivity index (χ0) is 54.2. The molecule has 0 radical (unpaired) electrons. The molecule has 5 aromatic heterocycles. The maximum atomic E-state index is 7.08. The van der Waals surface area contributed by atoms with E-state index in [2.05, 4.69) is 210 Å². The van der Waals surface area contributed by atoms with Crippen molar-refractivity contribution >= 4 is 55.2 Å². The third-order valence-electron chi connectivity index (χ3n) is 15.3. The number of fused-ring (bicyclic) bond motifs is 6. The third-order valence-corrected chi connectivity index (χ3v) is 15.3. The van der Waals surface area contributed by atoms with Crippen LogP contribution < -0.4 is 4.74 Å². The Morgan fingerprint density at radius 1 is 0.463 bits per heavy atom. The Morgan fingerprint density at radius 3 is 1.52 bits per heavy atom. The number of imidazole rings is 2. The molecule has 8 nitrogen and oxygen atoms in total. The molecule has 0 bridgehead atoms. The van der Waals surface area contributed by atoms with Crippen LogP contribution in [0.25, 0.3) is 112 Å². The van der Waals surface area contributed by atoms with Crippen molar-refractivity contribution in [1.82, 2.24) is 29.1 Å². The van der Waals surface area contributed by atoms with E-state index >= 15 is 0 Å². The number of ether oxygens (including phenoxy) is 1. The molecule has 5 heterocycles. The summed E-state index contributed by atoms with van der Waals surface area (Å²) < 4.78 is 18.8. The fraction of sp³-hybridized carbons (Fsp3) is 0.183. The van der Waals surface area contributed by atoms with E-state index < -0.39 is 0 Å². The van der Waals surface area contributed by atoms with Crippen molar-refractivity contribution in [1.29, 1.82) is 0 Å². The molecule has 0 N–H and O–H groups in total. The van der Waals surface area contributed by atoms with Gasteiger partial charge in [-0.2, -0.15) is 0 Å². The van der Waals surface area contributed by atoms with Crippen LogP contribution in [-0.2, 0) is 21.1 Å². The monoisotopic (exact) mass is 1220 g/mol. The van der Waals surface area contributed by atoms with Crippen LogP contribution in [0.15, 0.2) is 180 Å². The van der Waals surface area contributed by atoms with Crippen LogP contribution in [0.2, 0.25) is 0 Å². The van der Waals surface area contributed by atoms with Crippen molar-refractivity contribution in [3.8, 4) is 67.9 Å². The summed E-state index contributed by atoms with van der Waals surface area (Å²) >= 11 is 0. The summed E-state index contributed by atoms with van der Waals surface area (Å²) in [7, 11) is 0.